The van der Waals surface area contributed by atoms with Gasteiger partial charge in [0.25, 0.3) is 5.91 Å². The minimum Gasteiger partial charge on any atom is -0.484 e. The van der Waals surface area contributed by atoms with Crippen LogP contribution in [0.5, 0.6) is 5.75 Å². The van der Waals surface area contributed by atoms with Crippen LogP contribution in [0.4, 0.5) is 4.39 Å². The lowest BCUT2D eigenvalue weighted by atomic mass is 10.3. The maximum Gasteiger partial charge on any atom is 0.260 e. The van der Waals surface area contributed by atoms with Crippen LogP contribution in [0.3, 0.4) is 0 Å². The van der Waals surface area contributed by atoms with Crippen molar-refractivity contribution in [3.05, 3.63) is 52.5 Å². The Labute approximate surface area is 133 Å². The highest BCUT2D eigenvalue weighted by molar-refractivity contribution is 7.07. The minimum absolute atomic E-state index is 0.0838. The van der Waals surface area contributed by atoms with E-state index in [0.717, 1.165) is 5.56 Å². The number of halogens is 1. The summed E-state index contributed by atoms with van der Waals surface area (Å²) >= 11 is 1.59. The van der Waals surface area contributed by atoms with Crippen molar-refractivity contribution in [2.24, 2.45) is 0 Å². The van der Waals surface area contributed by atoms with Crippen molar-refractivity contribution in [2.45, 2.75) is 6.54 Å². The molecular formula is C16H18FNO3S. The van der Waals surface area contributed by atoms with Crippen LogP contribution in [-0.2, 0) is 16.1 Å². The molecule has 0 spiro atoms. The van der Waals surface area contributed by atoms with Crippen LogP contribution < -0.4 is 4.74 Å². The Morgan fingerprint density at radius 3 is 2.68 bits per heavy atom. The molecule has 0 fully saturated rings. The first kappa shape index (κ1) is 16.5. The van der Waals surface area contributed by atoms with Gasteiger partial charge in [0.1, 0.15) is 11.6 Å². The van der Waals surface area contributed by atoms with Crippen LogP contribution in [0.25, 0.3) is 0 Å². The van der Waals surface area contributed by atoms with Gasteiger partial charge in [0.15, 0.2) is 6.61 Å². The minimum atomic E-state index is -0.335. The number of methoxy groups -OCH3 is 1. The molecule has 1 aromatic heterocycles. The zero-order chi connectivity index (χ0) is 15.8. The Morgan fingerprint density at radius 1 is 1.27 bits per heavy atom. The molecule has 0 saturated carbocycles. The van der Waals surface area contributed by atoms with Crippen molar-refractivity contribution in [1.82, 2.24) is 4.90 Å². The molecule has 0 saturated heterocycles. The Bertz CT molecular complexity index is 572. The molecule has 0 aliphatic carbocycles. The summed E-state index contributed by atoms with van der Waals surface area (Å²) in [5.41, 5.74) is 1.08. The van der Waals surface area contributed by atoms with Crippen molar-refractivity contribution in [2.75, 3.05) is 26.9 Å². The van der Waals surface area contributed by atoms with Gasteiger partial charge in [-0.1, -0.05) is 0 Å². The molecule has 0 unspecified atom stereocenters. The van der Waals surface area contributed by atoms with Crippen LogP contribution in [0, 0.1) is 5.82 Å². The first-order valence-electron chi connectivity index (χ1n) is 6.85. The second kappa shape index (κ2) is 8.51. The lowest BCUT2D eigenvalue weighted by Gasteiger charge is -2.22. The third kappa shape index (κ3) is 5.13. The average Bonchev–Trinajstić information content (AvgIpc) is 3.03. The second-order valence-corrected chi connectivity index (χ2v) is 5.46. The van der Waals surface area contributed by atoms with Crippen LogP contribution in [0.1, 0.15) is 5.56 Å². The number of carbonyl (C=O) groups excluding carboxylic acids is 1. The fourth-order valence-corrected chi connectivity index (χ4v) is 2.52. The highest BCUT2D eigenvalue weighted by atomic mass is 32.1. The predicted molar refractivity (Wildman–Crippen MR) is 83.5 cm³/mol. The van der Waals surface area contributed by atoms with E-state index in [1.54, 1.807) is 23.3 Å². The number of hydrogen-bond donors (Lipinski definition) is 0. The summed E-state index contributed by atoms with van der Waals surface area (Å²) in [6.45, 7) is 1.41. The highest BCUT2D eigenvalue weighted by Crippen LogP contribution is 2.13. The number of amides is 1. The van der Waals surface area contributed by atoms with Crippen molar-refractivity contribution < 1.29 is 18.7 Å². The van der Waals surface area contributed by atoms with E-state index < -0.39 is 0 Å². The lowest BCUT2D eigenvalue weighted by Crippen LogP contribution is -2.36. The Kier molecular flexibility index (Phi) is 6.36. The molecule has 0 N–H and O–H groups in total. The molecule has 4 nitrogen and oxygen atoms in total. The zero-order valence-electron chi connectivity index (χ0n) is 12.3. The molecule has 22 heavy (non-hydrogen) atoms. The summed E-state index contributed by atoms with van der Waals surface area (Å²) in [6.07, 6.45) is 0. The van der Waals surface area contributed by atoms with Gasteiger partial charge in [-0.15, -0.1) is 0 Å². The summed E-state index contributed by atoms with van der Waals surface area (Å²) < 4.78 is 23.3. The highest BCUT2D eigenvalue weighted by Gasteiger charge is 2.15. The van der Waals surface area contributed by atoms with E-state index in [0.29, 0.717) is 25.4 Å². The summed E-state index contributed by atoms with van der Waals surface area (Å²) in [5, 5.41) is 3.98. The van der Waals surface area contributed by atoms with E-state index in [9.17, 15) is 9.18 Å². The predicted octanol–water partition coefficient (Wildman–Crippen LogP) is 2.94. The second-order valence-electron chi connectivity index (χ2n) is 4.68. The van der Waals surface area contributed by atoms with Crippen molar-refractivity contribution in [1.29, 1.82) is 0 Å². The van der Waals surface area contributed by atoms with Crippen molar-refractivity contribution in [3.8, 4) is 5.75 Å². The maximum absolute atomic E-state index is 12.8. The Balaban J connectivity index is 1.91. The number of benzene rings is 1. The van der Waals surface area contributed by atoms with Gasteiger partial charge in [-0.25, -0.2) is 4.39 Å². The fraction of sp³-hybridized carbons (Fsp3) is 0.312. The average molecular weight is 323 g/mol. The summed E-state index contributed by atoms with van der Waals surface area (Å²) in [4.78, 5) is 14.0. The number of rotatable bonds is 8. The lowest BCUT2D eigenvalue weighted by molar-refractivity contribution is -0.134. The zero-order valence-corrected chi connectivity index (χ0v) is 13.1. The molecule has 2 rings (SSSR count). The largest absolute Gasteiger partial charge is 0.484 e. The molecular weight excluding hydrogens is 305 g/mol. The molecule has 0 radical (unpaired) electrons. The molecule has 1 heterocycles. The summed E-state index contributed by atoms with van der Waals surface area (Å²) in [6, 6.07) is 7.59. The standard InChI is InChI=1S/C16H18FNO3S/c1-20-8-7-18(10-13-6-9-22-12-13)16(19)11-21-15-4-2-14(17)3-5-15/h2-6,9,12H,7-8,10-11H2,1H3. The van der Waals surface area contributed by atoms with E-state index in [4.69, 9.17) is 9.47 Å². The first-order valence-corrected chi connectivity index (χ1v) is 7.79. The maximum atomic E-state index is 12.8. The van der Waals surface area contributed by atoms with Gasteiger partial charge in [-0.3, -0.25) is 4.79 Å². The van der Waals surface area contributed by atoms with Crippen LogP contribution in [0.2, 0.25) is 0 Å². The quantitative estimate of drug-likeness (QED) is 0.750. The van der Waals surface area contributed by atoms with Crippen molar-refractivity contribution in [3.63, 3.8) is 0 Å². The fourth-order valence-electron chi connectivity index (χ4n) is 1.86. The molecule has 0 aliphatic rings. The molecule has 0 aliphatic heterocycles. The van der Waals surface area contributed by atoms with E-state index >= 15 is 0 Å². The van der Waals surface area contributed by atoms with Crippen LogP contribution in [-0.4, -0.2) is 37.7 Å². The van der Waals surface area contributed by atoms with Gasteiger partial charge in [0, 0.05) is 20.2 Å². The topological polar surface area (TPSA) is 38.8 Å². The van der Waals surface area contributed by atoms with E-state index in [1.165, 1.54) is 24.3 Å². The Hall–Kier alpha value is -1.92. The van der Waals surface area contributed by atoms with Gasteiger partial charge in [-0.05, 0) is 46.7 Å². The molecule has 2 aromatic rings. The van der Waals surface area contributed by atoms with E-state index in [-0.39, 0.29) is 18.3 Å². The van der Waals surface area contributed by atoms with Gasteiger partial charge in [-0.2, -0.15) is 11.3 Å². The number of hydrogen-bond acceptors (Lipinski definition) is 4. The number of carbonyl (C=O) groups is 1. The number of thiophene rings is 1. The smallest absolute Gasteiger partial charge is 0.260 e. The number of nitrogens with zero attached hydrogens (tertiary/aromatic N) is 1. The van der Waals surface area contributed by atoms with Crippen molar-refractivity contribution >= 4 is 17.2 Å². The molecule has 118 valence electrons. The Morgan fingerprint density at radius 2 is 2.05 bits per heavy atom. The van der Waals surface area contributed by atoms with E-state index in [1.807, 2.05) is 16.8 Å². The molecule has 1 aromatic carbocycles. The molecule has 6 heteroatoms. The molecule has 1 amide bonds. The van der Waals surface area contributed by atoms with Gasteiger partial charge < -0.3 is 14.4 Å². The van der Waals surface area contributed by atoms with Gasteiger partial charge in [0.2, 0.25) is 0 Å². The monoisotopic (exact) mass is 323 g/mol. The SMILES string of the molecule is COCCN(Cc1ccsc1)C(=O)COc1ccc(F)cc1. The molecule has 0 atom stereocenters. The third-order valence-electron chi connectivity index (χ3n) is 3.05. The summed E-state index contributed by atoms with van der Waals surface area (Å²) in [5.74, 6) is 0.00223. The van der Waals surface area contributed by atoms with E-state index in [2.05, 4.69) is 0 Å². The van der Waals surface area contributed by atoms with Crippen LogP contribution in [0.15, 0.2) is 41.1 Å². The van der Waals surface area contributed by atoms with Crippen LogP contribution >= 0.6 is 11.3 Å². The normalized spacial score (nSPS) is 10.5. The third-order valence-corrected chi connectivity index (χ3v) is 3.78. The number of ether oxygens (including phenoxy) is 2. The summed E-state index contributed by atoms with van der Waals surface area (Å²) in [7, 11) is 1.60. The molecule has 0 bridgehead atoms. The van der Waals surface area contributed by atoms with Gasteiger partial charge >= 0.3 is 0 Å². The van der Waals surface area contributed by atoms with Gasteiger partial charge in [0.05, 0.1) is 6.61 Å². The first-order chi connectivity index (χ1) is 10.7.